The average Bonchev–Trinajstić information content (AvgIpc) is 2.79. The fourth-order valence-corrected chi connectivity index (χ4v) is 3.38. The van der Waals surface area contributed by atoms with Gasteiger partial charge in [-0.25, -0.2) is 4.79 Å². The molecule has 1 atom stereocenters. The second-order valence-corrected chi connectivity index (χ2v) is 7.20. The predicted octanol–water partition coefficient (Wildman–Crippen LogP) is 3.35. The van der Waals surface area contributed by atoms with Gasteiger partial charge in [-0.1, -0.05) is 20.8 Å². The van der Waals surface area contributed by atoms with Crippen LogP contribution in [-0.2, 0) is 0 Å². The molecule has 0 radical (unpaired) electrons. The fraction of sp³-hybridized carbons (Fsp3) is 0.933. The molecule has 3 nitrogen and oxygen atoms in total. The van der Waals surface area contributed by atoms with Gasteiger partial charge in [0.2, 0.25) is 0 Å². The van der Waals surface area contributed by atoms with Crippen molar-refractivity contribution in [2.24, 2.45) is 11.3 Å². The second-order valence-electron chi connectivity index (χ2n) is 7.20. The first kappa shape index (κ1) is 13.7. The van der Waals surface area contributed by atoms with E-state index < -0.39 is 0 Å². The highest BCUT2D eigenvalue weighted by molar-refractivity contribution is 5.74. The molecule has 2 saturated heterocycles. The van der Waals surface area contributed by atoms with Crippen molar-refractivity contribution in [2.45, 2.75) is 52.9 Å². The number of rotatable bonds is 1. The largest absolute Gasteiger partial charge is 0.325 e. The highest BCUT2D eigenvalue weighted by Crippen LogP contribution is 2.30. The summed E-state index contributed by atoms with van der Waals surface area (Å²) >= 11 is 0. The molecule has 2 rings (SSSR count). The number of hydrogen-bond donors (Lipinski definition) is 0. The SMILES string of the molecule is CC(C)(C)CC1CCCN(C(=O)N2CCCC2)C1. The number of likely N-dealkylation sites (tertiary alicyclic amines) is 2. The summed E-state index contributed by atoms with van der Waals surface area (Å²) in [7, 11) is 0. The van der Waals surface area contributed by atoms with Crippen LogP contribution in [0.2, 0.25) is 0 Å². The van der Waals surface area contributed by atoms with E-state index in [1.54, 1.807) is 0 Å². The fourth-order valence-electron chi connectivity index (χ4n) is 3.38. The molecule has 18 heavy (non-hydrogen) atoms. The van der Waals surface area contributed by atoms with Crippen LogP contribution in [0.3, 0.4) is 0 Å². The second kappa shape index (κ2) is 5.50. The number of amides is 2. The molecule has 0 bridgehead atoms. The topological polar surface area (TPSA) is 23.6 Å². The van der Waals surface area contributed by atoms with Crippen LogP contribution in [0.15, 0.2) is 0 Å². The van der Waals surface area contributed by atoms with Gasteiger partial charge in [-0.05, 0) is 43.4 Å². The van der Waals surface area contributed by atoms with E-state index in [4.69, 9.17) is 0 Å². The van der Waals surface area contributed by atoms with Crippen molar-refractivity contribution in [3.63, 3.8) is 0 Å². The molecule has 0 aromatic rings. The lowest BCUT2D eigenvalue weighted by molar-refractivity contribution is 0.122. The minimum Gasteiger partial charge on any atom is -0.325 e. The van der Waals surface area contributed by atoms with E-state index in [-0.39, 0.29) is 0 Å². The standard InChI is InChI=1S/C15H28N2O/c1-15(2,3)11-13-7-6-10-17(12-13)14(18)16-8-4-5-9-16/h13H,4-12H2,1-3H3. The molecule has 2 fully saturated rings. The van der Waals surface area contributed by atoms with E-state index in [2.05, 4.69) is 25.7 Å². The Labute approximate surface area is 112 Å². The molecule has 0 aromatic heterocycles. The smallest absolute Gasteiger partial charge is 0.320 e. The molecule has 104 valence electrons. The minimum atomic E-state index is 0.297. The summed E-state index contributed by atoms with van der Waals surface area (Å²) in [4.78, 5) is 16.5. The van der Waals surface area contributed by atoms with E-state index >= 15 is 0 Å². The zero-order valence-electron chi connectivity index (χ0n) is 12.2. The number of piperidine rings is 1. The first-order chi connectivity index (χ1) is 8.46. The van der Waals surface area contributed by atoms with Crippen LogP contribution >= 0.6 is 0 Å². The van der Waals surface area contributed by atoms with Gasteiger partial charge in [-0.2, -0.15) is 0 Å². The third-order valence-corrected chi connectivity index (χ3v) is 4.07. The first-order valence-corrected chi connectivity index (χ1v) is 7.49. The van der Waals surface area contributed by atoms with Crippen LogP contribution in [0.5, 0.6) is 0 Å². The van der Waals surface area contributed by atoms with Gasteiger partial charge in [0.1, 0.15) is 0 Å². The third kappa shape index (κ3) is 3.63. The van der Waals surface area contributed by atoms with Crippen LogP contribution in [-0.4, -0.2) is 42.0 Å². The van der Waals surface area contributed by atoms with Gasteiger partial charge in [0, 0.05) is 26.2 Å². The van der Waals surface area contributed by atoms with Crippen LogP contribution in [0.1, 0.15) is 52.9 Å². The van der Waals surface area contributed by atoms with E-state index in [1.807, 2.05) is 4.90 Å². The Morgan fingerprint density at radius 3 is 2.28 bits per heavy atom. The van der Waals surface area contributed by atoms with E-state index in [0.717, 1.165) is 26.2 Å². The lowest BCUT2D eigenvalue weighted by atomic mass is 9.81. The monoisotopic (exact) mass is 252 g/mol. The molecular formula is C15H28N2O. The Morgan fingerprint density at radius 1 is 1.06 bits per heavy atom. The molecule has 0 saturated carbocycles. The van der Waals surface area contributed by atoms with Crippen molar-refractivity contribution in [1.29, 1.82) is 0 Å². The van der Waals surface area contributed by atoms with Gasteiger partial charge in [0.15, 0.2) is 0 Å². The average molecular weight is 252 g/mol. The number of urea groups is 1. The number of carbonyl (C=O) groups is 1. The molecule has 1 unspecified atom stereocenters. The van der Waals surface area contributed by atoms with E-state index in [9.17, 15) is 4.79 Å². The predicted molar refractivity (Wildman–Crippen MR) is 74.6 cm³/mol. The summed E-state index contributed by atoms with van der Waals surface area (Å²) in [6.07, 6.45) is 6.08. The van der Waals surface area contributed by atoms with Gasteiger partial charge in [-0.15, -0.1) is 0 Å². The Balaban J connectivity index is 1.87. The maximum Gasteiger partial charge on any atom is 0.320 e. The van der Waals surface area contributed by atoms with Gasteiger partial charge in [0.05, 0.1) is 0 Å². The maximum absolute atomic E-state index is 12.4. The normalized spacial score (nSPS) is 25.6. The van der Waals surface area contributed by atoms with E-state index in [0.29, 0.717) is 17.4 Å². The van der Waals surface area contributed by atoms with Crippen molar-refractivity contribution >= 4 is 6.03 Å². The van der Waals surface area contributed by atoms with E-state index in [1.165, 1.54) is 32.1 Å². The third-order valence-electron chi connectivity index (χ3n) is 4.07. The van der Waals surface area contributed by atoms with Crippen molar-refractivity contribution < 1.29 is 4.79 Å². The number of carbonyl (C=O) groups excluding carboxylic acids is 1. The van der Waals surface area contributed by atoms with Gasteiger partial charge in [-0.3, -0.25) is 0 Å². The summed E-state index contributed by atoms with van der Waals surface area (Å²) < 4.78 is 0. The highest BCUT2D eigenvalue weighted by Gasteiger charge is 2.30. The quantitative estimate of drug-likeness (QED) is 0.702. The zero-order chi connectivity index (χ0) is 13.2. The molecule has 0 aliphatic carbocycles. The number of nitrogens with zero attached hydrogens (tertiary/aromatic N) is 2. The van der Waals surface area contributed by atoms with Crippen molar-refractivity contribution in [1.82, 2.24) is 9.80 Å². The summed E-state index contributed by atoms with van der Waals surface area (Å²) in [6, 6.07) is 0.297. The summed E-state index contributed by atoms with van der Waals surface area (Å²) in [5, 5.41) is 0. The Morgan fingerprint density at radius 2 is 1.67 bits per heavy atom. The lowest BCUT2D eigenvalue weighted by Gasteiger charge is -2.37. The molecule has 2 aliphatic heterocycles. The summed E-state index contributed by atoms with van der Waals surface area (Å²) in [5.41, 5.74) is 0.379. The summed E-state index contributed by atoms with van der Waals surface area (Å²) in [6.45, 7) is 10.8. The highest BCUT2D eigenvalue weighted by atomic mass is 16.2. The van der Waals surface area contributed by atoms with Crippen LogP contribution in [0.4, 0.5) is 4.79 Å². The van der Waals surface area contributed by atoms with Gasteiger partial charge < -0.3 is 9.80 Å². The molecule has 2 amide bonds. The van der Waals surface area contributed by atoms with Gasteiger partial charge >= 0.3 is 6.03 Å². The van der Waals surface area contributed by atoms with Crippen LogP contribution in [0.25, 0.3) is 0 Å². The molecule has 3 heteroatoms. The minimum absolute atomic E-state index is 0.297. The maximum atomic E-state index is 12.4. The molecule has 0 N–H and O–H groups in total. The Bertz CT molecular complexity index is 289. The van der Waals surface area contributed by atoms with Crippen molar-refractivity contribution in [3.8, 4) is 0 Å². The molecular weight excluding hydrogens is 224 g/mol. The molecule has 0 spiro atoms. The molecule has 2 heterocycles. The molecule has 0 aromatic carbocycles. The first-order valence-electron chi connectivity index (χ1n) is 7.49. The number of hydrogen-bond acceptors (Lipinski definition) is 1. The summed E-state index contributed by atoms with van der Waals surface area (Å²) in [5.74, 6) is 0.699. The van der Waals surface area contributed by atoms with Crippen LogP contribution in [0, 0.1) is 11.3 Å². The molecule has 2 aliphatic rings. The van der Waals surface area contributed by atoms with Crippen LogP contribution < -0.4 is 0 Å². The zero-order valence-corrected chi connectivity index (χ0v) is 12.2. The Hall–Kier alpha value is -0.730. The lowest BCUT2D eigenvalue weighted by Crippen LogP contribution is -2.47. The Kier molecular flexibility index (Phi) is 4.18. The van der Waals surface area contributed by atoms with Crippen molar-refractivity contribution in [3.05, 3.63) is 0 Å². The van der Waals surface area contributed by atoms with Gasteiger partial charge in [0.25, 0.3) is 0 Å². The van der Waals surface area contributed by atoms with Crippen molar-refractivity contribution in [2.75, 3.05) is 26.2 Å².